The first-order valence-electron chi connectivity index (χ1n) is 6.51. The van der Waals surface area contributed by atoms with E-state index in [9.17, 15) is 4.79 Å². The number of thioether (sulfide) groups is 1. The highest BCUT2D eigenvalue weighted by atomic mass is 32.2. The predicted octanol–water partition coefficient (Wildman–Crippen LogP) is 2.35. The second-order valence-corrected chi connectivity index (χ2v) is 5.87. The lowest BCUT2D eigenvalue weighted by Gasteiger charge is -2.12. The lowest BCUT2D eigenvalue weighted by Crippen LogP contribution is -2.11. The van der Waals surface area contributed by atoms with Gasteiger partial charge in [0.1, 0.15) is 5.82 Å². The summed E-state index contributed by atoms with van der Waals surface area (Å²) in [5.74, 6) is 0.310. The summed E-state index contributed by atoms with van der Waals surface area (Å²) in [5, 5.41) is 18.3. The average molecular weight is 269 g/mol. The minimum atomic E-state index is -0.745. The van der Waals surface area contributed by atoms with E-state index < -0.39 is 5.97 Å². The molecule has 6 heteroatoms. The summed E-state index contributed by atoms with van der Waals surface area (Å²) in [6.07, 6.45) is 5.58. The van der Waals surface area contributed by atoms with Gasteiger partial charge in [0.2, 0.25) is 0 Å². The molecule has 1 unspecified atom stereocenters. The molecule has 2 heterocycles. The van der Waals surface area contributed by atoms with Crippen molar-refractivity contribution in [2.75, 3.05) is 0 Å². The number of nitrogens with zero attached hydrogens (tertiary/aromatic N) is 3. The third-order valence-electron chi connectivity index (χ3n) is 3.21. The summed E-state index contributed by atoms with van der Waals surface area (Å²) < 4.78 is 2.17. The zero-order chi connectivity index (χ0) is 13.0. The van der Waals surface area contributed by atoms with Gasteiger partial charge in [-0.3, -0.25) is 4.79 Å². The molecule has 1 aliphatic rings. The number of aromatic nitrogens is 3. The second kappa shape index (κ2) is 6.22. The van der Waals surface area contributed by atoms with Crippen molar-refractivity contribution in [3.05, 3.63) is 5.82 Å². The van der Waals surface area contributed by atoms with Crippen LogP contribution in [0.3, 0.4) is 0 Å². The Morgan fingerprint density at radius 1 is 1.44 bits per heavy atom. The first-order chi connectivity index (χ1) is 8.70. The molecule has 0 aromatic carbocycles. The van der Waals surface area contributed by atoms with Crippen LogP contribution in [0, 0.1) is 0 Å². The molecule has 0 bridgehead atoms. The normalized spacial score (nSPS) is 16.9. The van der Waals surface area contributed by atoms with Gasteiger partial charge in [0, 0.05) is 18.2 Å². The number of aryl methyl sites for hydroxylation is 1. The molecule has 2 rings (SSSR count). The van der Waals surface area contributed by atoms with Gasteiger partial charge in [0.25, 0.3) is 0 Å². The van der Waals surface area contributed by atoms with Crippen LogP contribution in [0.1, 0.15) is 44.9 Å². The van der Waals surface area contributed by atoms with E-state index in [1.807, 2.05) is 6.92 Å². The molecule has 1 atom stereocenters. The Morgan fingerprint density at radius 3 is 3.00 bits per heavy atom. The van der Waals surface area contributed by atoms with Gasteiger partial charge in [0.15, 0.2) is 5.16 Å². The SMILES string of the molecule is CCC(CC(=O)O)Sc1nnc2n1CCCCC2. The van der Waals surface area contributed by atoms with E-state index in [4.69, 9.17) is 5.11 Å². The fourth-order valence-corrected chi connectivity index (χ4v) is 3.26. The van der Waals surface area contributed by atoms with Crippen molar-refractivity contribution in [1.29, 1.82) is 0 Å². The van der Waals surface area contributed by atoms with E-state index in [0.717, 1.165) is 36.8 Å². The number of hydrogen-bond acceptors (Lipinski definition) is 4. The largest absolute Gasteiger partial charge is 0.481 e. The Balaban J connectivity index is 2.08. The summed E-state index contributed by atoms with van der Waals surface area (Å²) >= 11 is 1.56. The summed E-state index contributed by atoms with van der Waals surface area (Å²) in [4.78, 5) is 10.8. The lowest BCUT2D eigenvalue weighted by atomic mass is 10.2. The molecular formula is C12H19N3O2S. The van der Waals surface area contributed by atoms with E-state index >= 15 is 0 Å². The molecule has 18 heavy (non-hydrogen) atoms. The molecule has 5 nitrogen and oxygen atoms in total. The molecule has 1 aromatic rings. The molecule has 0 fully saturated rings. The number of hydrogen-bond donors (Lipinski definition) is 1. The Kier molecular flexibility index (Phi) is 4.63. The van der Waals surface area contributed by atoms with E-state index in [-0.39, 0.29) is 11.7 Å². The molecule has 0 spiro atoms. The van der Waals surface area contributed by atoms with Gasteiger partial charge in [-0.15, -0.1) is 10.2 Å². The maximum absolute atomic E-state index is 10.8. The van der Waals surface area contributed by atoms with Crippen molar-refractivity contribution in [3.63, 3.8) is 0 Å². The van der Waals surface area contributed by atoms with Crippen LogP contribution in [-0.4, -0.2) is 31.1 Å². The average Bonchev–Trinajstić information content (AvgIpc) is 2.58. The first-order valence-corrected chi connectivity index (χ1v) is 7.39. The summed E-state index contributed by atoms with van der Waals surface area (Å²) in [6.45, 7) is 2.98. The number of carboxylic acid groups (broad SMARTS) is 1. The van der Waals surface area contributed by atoms with Gasteiger partial charge in [0.05, 0.1) is 6.42 Å². The quantitative estimate of drug-likeness (QED) is 0.831. The van der Waals surface area contributed by atoms with Crippen LogP contribution in [0.25, 0.3) is 0 Å². The van der Waals surface area contributed by atoms with E-state index in [2.05, 4.69) is 14.8 Å². The zero-order valence-corrected chi connectivity index (χ0v) is 11.4. The maximum atomic E-state index is 10.8. The summed E-state index contributed by atoms with van der Waals surface area (Å²) in [6, 6.07) is 0. The molecule has 0 amide bonds. The van der Waals surface area contributed by atoms with E-state index in [0.29, 0.717) is 0 Å². The number of fused-ring (bicyclic) bond motifs is 1. The fraction of sp³-hybridized carbons (Fsp3) is 0.750. The van der Waals surface area contributed by atoms with Crippen LogP contribution >= 0.6 is 11.8 Å². The van der Waals surface area contributed by atoms with Gasteiger partial charge >= 0.3 is 5.97 Å². The highest BCUT2D eigenvalue weighted by Gasteiger charge is 2.19. The van der Waals surface area contributed by atoms with Crippen LogP contribution in [0.4, 0.5) is 0 Å². The van der Waals surface area contributed by atoms with Crippen molar-refractivity contribution >= 4 is 17.7 Å². The Bertz CT molecular complexity index is 419. The number of carbonyl (C=O) groups is 1. The Morgan fingerprint density at radius 2 is 2.28 bits per heavy atom. The highest BCUT2D eigenvalue weighted by molar-refractivity contribution is 7.99. The summed E-state index contributed by atoms with van der Waals surface area (Å²) in [7, 11) is 0. The highest BCUT2D eigenvalue weighted by Crippen LogP contribution is 2.28. The molecule has 1 aromatic heterocycles. The third kappa shape index (κ3) is 3.25. The minimum Gasteiger partial charge on any atom is -0.481 e. The van der Waals surface area contributed by atoms with E-state index in [1.165, 1.54) is 12.8 Å². The molecule has 0 saturated carbocycles. The fourth-order valence-electron chi connectivity index (χ4n) is 2.16. The number of aliphatic carboxylic acids is 1. The first kappa shape index (κ1) is 13.4. The third-order valence-corrected chi connectivity index (χ3v) is 4.55. The number of carboxylic acids is 1. The van der Waals surface area contributed by atoms with Crippen molar-refractivity contribution in [2.45, 2.75) is 62.4 Å². The van der Waals surface area contributed by atoms with Gasteiger partial charge in [-0.2, -0.15) is 0 Å². The molecular weight excluding hydrogens is 250 g/mol. The standard InChI is InChI=1S/C12H19N3O2S/c1-2-9(8-11(16)17)18-12-14-13-10-6-4-3-5-7-15(10)12/h9H,2-8H2,1H3,(H,16,17). The van der Waals surface area contributed by atoms with Gasteiger partial charge in [-0.1, -0.05) is 25.1 Å². The molecule has 1 aliphatic heterocycles. The molecule has 1 N–H and O–H groups in total. The Hall–Kier alpha value is -1.04. The topological polar surface area (TPSA) is 68.0 Å². The summed E-state index contributed by atoms with van der Waals surface area (Å²) in [5.41, 5.74) is 0. The van der Waals surface area contributed by atoms with Crippen molar-refractivity contribution in [2.24, 2.45) is 0 Å². The van der Waals surface area contributed by atoms with Crippen LogP contribution in [0.2, 0.25) is 0 Å². The van der Waals surface area contributed by atoms with Crippen LogP contribution in [0.15, 0.2) is 5.16 Å². The van der Waals surface area contributed by atoms with Crippen LogP contribution in [0.5, 0.6) is 0 Å². The molecule has 0 radical (unpaired) electrons. The predicted molar refractivity (Wildman–Crippen MR) is 69.8 cm³/mol. The van der Waals surface area contributed by atoms with Crippen LogP contribution in [-0.2, 0) is 17.8 Å². The van der Waals surface area contributed by atoms with Gasteiger partial charge in [-0.05, 0) is 19.3 Å². The smallest absolute Gasteiger partial charge is 0.304 e. The maximum Gasteiger partial charge on any atom is 0.304 e. The zero-order valence-electron chi connectivity index (χ0n) is 10.6. The minimum absolute atomic E-state index is 0.0825. The molecule has 0 aliphatic carbocycles. The molecule has 100 valence electrons. The number of rotatable bonds is 5. The van der Waals surface area contributed by atoms with Crippen molar-refractivity contribution in [3.8, 4) is 0 Å². The molecule has 0 saturated heterocycles. The monoisotopic (exact) mass is 269 g/mol. The van der Waals surface area contributed by atoms with Crippen molar-refractivity contribution < 1.29 is 9.90 Å². The van der Waals surface area contributed by atoms with Crippen LogP contribution < -0.4 is 0 Å². The van der Waals surface area contributed by atoms with Gasteiger partial charge < -0.3 is 9.67 Å². The van der Waals surface area contributed by atoms with Crippen molar-refractivity contribution in [1.82, 2.24) is 14.8 Å². The van der Waals surface area contributed by atoms with Gasteiger partial charge in [-0.25, -0.2) is 0 Å². The lowest BCUT2D eigenvalue weighted by molar-refractivity contribution is -0.136. The van der Waals surface area contributed by atoms with E-state index in [1.54, 1.807) is 11.8 Å². The second-order valence-electron chi connectivity index (χ2n) is 4.61. The Labute approximate surface area is 111 Å².